The van der Waals surface area contributed by atoms with Crippen molar-refractivity contribution in [1.29, 1.82) is 5.26 Å². The number of hydrogen-bond donors (Lipinski definition) is 0. The minimum atomic E-state index is -4.43. The van der Waals surface area contributed by atoms with E-state index in [0.29, 0.717) is 33.7 Å². The van der Waals surface area contributed by atoms with Gasteiger partial charge in [0.05, 0.1) is 36.4 Å². The number of halogens is 1. The predicted octanol–water partition coefficient (Wildman–Crippen LogP) is 5.39. The molecule has 0 aliphatic heterocycles. The van der Waals surface area contributed by atoms with E-state index in [1.54, 1.807) is 30.3 Å². The van der Waals surface area contributed by atoms with Gasteiger partial charge in [-0.3, -0.25) is 4.79 Å². The highest BCUT2D eigenvalue weighted by Crippen LogP contribution is 2.34. The Bertz CT molecular complexity index is 1480. The van der Waals surface area contributed by atoms with Crippen molar-refractivity contribution >= 4 is 39.3 Å². The maximum atomic E-state index is 13.7. The van der Waals surface area contributed by atoms with Crippen molar-refractivity contribution in [1.82, 2.24) is 0 Å². The average Bonchev–Trinajstić information content (AvgIpc) is 2.88. The van der Waals surface area contributed by atoms with Crippen molar-refractivity contribution < 1.29 is 27.4 Å². The van der Waals surface area contributed by atoms with Crippen LogP contribution in [-0.4, -0.2) is 35.2 Å². The van der Waals surface area contributed by atoms with Crippen molar-refractivity contribution in [3.8, 4) is 23.3 Å². The Morgan fingerprint density at radius 3 is 2.22 bits per heavy atom. The van der Waals surface area contributed by atoms with Crippen LogP contribution < -0.4 is 18.5 Å². The molecule has 3 aromatic rings. The topological polar surface area (TPSA) is 106 Å². The van der Waals surface area contributed by atoms with Gasteiger partial charge in [0.25, 0.3) is 15.9 Å². The third-order valence-corrected chi connectivity index (χ3v) is 7.28. The first-order valence-corrected chi connectivity index (χ1v) is 12.9. The van der Waals surface area contributed by atoms with Crippen LogP contribution in [0.15, 0.2) is 71.1 Å². The number of methoxy groups -OCH3 is 2. The van der Waals surface area contributed by atoms with Gasteiger partial charge in [-0.15, -0.1) is 0 Å². The number of aryl methyl sites for hydroxylation is 1. The van der Waals surface area contributed by atoms with Gasteiger partial charge in [-0.05, 0) is 68.0 Å². The Morgan fingerprint density at radius 2 is 1.65 bits per heavy atom. The third kappa shape index (κ3) is 6.05. The van der Waals surface area contributed by atoms with Gasteiger partial charge in [-0.1, -0.05) is 35.4 Å². The molecule has 37 heavy (non-hydrogen) atoms. The molecule has 0 spiro atoms. The van der Waals surface area contributed by atoms with Gasteiger partial charge in [-0.2, -0.15) is 9.57 Å². The zero-order chi connectivity index (χ0) is 27.2. The molecule has 0 N–H and O–H groups in total. The molecule has 3 rings (SSSR count). The zero-order valence-electron chi connectivity index (χ0n) is 20.7. The first kappa shape index (κ1) is 27.6. The Labute approximate surface area is 221 Å². The standard InChI is InChI=1S/C27H25ClN2O6S/c1-5-36-25-12-8-19(15-26(25)35-4)14-20(17-29)27(31)30(21-9-13-24(34-3)23(28)16-21)37(32,33)22-10-6-18(2)7-11-22/h6-16H,5H2,1-4H3/b20-14+. The summed E-state index contributed by atoms with van der Waals surface area (Å²) in [4.78, 5) is 13.6. The minimum absolute atomic E-state index is 0.0539. The summed E-state index contributed by atoms with van der Waals surface area (Å²) in [6.45, 7) is 4.06. The highest BCUT2D eigenvalue weighted by Gasteiger charge is 2.33. The molecule has 0 unspecified atom stereocenters. The number of amides is 1. The van der Waals surface area contributed by atoms with E-state index < -0.39 is 21.5 Å². The van der Waals surface area contributed by atoms with Crippen molar-refractivity contribution in [2.45, 2.75) is 18.7 Å². The molecule has 0 saturated heterocycles. The van der Waals surface area contributed by atoms with Gasteiger partial charge in [0.15, 0.2) is 11.5 Å². The lowest BCUT2D eigenvalue weighted by atomic mass is 10.1. The third-order valence-electron chi connectivity index (χ3n) is 5.26. The van der Waals surface area contributed by atoms with Crippen molar-refractivity contribution in [2.24, 2.45) is 0 Å². The number of nitriles is 1. The van der Waals surface area contributed by atoms with Crippen LogP contribution in [-0.2, 0) is 14.8 Å². The van der Waals surface area contributed by atoms with Crippen LogP contribution in [0.2, 0.25) is 5.02 Å². The Morgan fingerprint density at radius 1 is 1.00 bits per heavy atom. The van der Waals surface area contributed by atoms with Gasteiger partial charge in [0.1, 0.15) is 17.4 Å². The molecule has 192 valence electrons. The number of nitrogens with zero attached hydrogens (tertiary/aromatic N) is 2. The van der Waals surface area contributed by atoms with E-state index in [0.717, 1.165) is 5.56 Å². The molecule has 1 amide bonds. The second-order valence-corrected chi connectivity index (χ2v) is 9.91. The van der Waals surface area contributed by atoms with E-state index in [2.05, 4.69) is 0 Å². The monoisotopic (exact) mass is 540 g/mol. The number of rotatable bonds is 9. The number of ether oxygens (including phenoxy) is 3. The van der Waals surface area contributed by atoms with E-state index in [-0.39, 0.29) is 15.6 Å². The second-order valence-electron chi connectivity index (χ2n) is 7.72. The van der Waals surface area contributed by atoms with Crippen LogP contribution in [0.25, 0.3) is 6.08 Å². The summed E-state index contributed by atoms with van der Waals surface area (Å²) in [5.41, 5.74) is 0.799. The van der Waals surface area contributed by atoms with Crippen molar-refractivity contribution in [3.05, 3.63) is 82.4 Å². The number of sulfonamides is 1. The lowest BCUT2D eigenvalue weighted by molar-refractivity contribution is -0.113. The second kappa shape index (κ2) is 11.8. The van der Waals surface area contributed by atoms with E-state index in [4.69, 9.17) is 25.8 Å². The molecule has 0 aliphatic rings. The Balaban J connectivity index is 2.16. The molecule has 0 bridgehead atoms. The molecule has 0 heterocycles. The zero-order valence-corrected chi connectivity index (χ0v) is 22.3. The molecule has 8 nitrogen and oxygen atoms in total. The largest absolute Gasteiger partial charge is 0.495 e. The maximum Gasteiger partial charge on any atom is 0.282 e. The van der Waals surface area contributed by atoms with E-state index in [9.17, 15) is 18.5 Å². The molecule has 0 aliphatic carbocycles. The number of hydrogen-bond acceptors (Lipinski definition) is 7. The van der Waals surface area contributed by atoms with E-state index in [1.807, 2.05) is 19.9 Å². The van der Waals surface area contributed by atoms with Crippen LogP contribution in [0.1, 0.15) is 18.1 Å². The minimum Gasteiger partial charge on any atom is -0.495 e. The lowest BCUT2D eigenvalue weighted by Gasteiger charge is -2.23. The van der Waals surface area contributed by atoms with Gasteiger partial charge in [-0.25, -0.2) is 8.42 Å². The molecule has 0 aromatic heterocycles. The first-order chi connectivity index (χ1) is 17.7. The number of carbonyl (C=O) groups is 1. The highest BCUT2D eigenvalue weighted by atomic mass is 35.5. The van der Waals surface area contributed by atoms with Crippen LogP contribution in [0.4, 0.5) is 5.69 Å². The summed E-state index contributed by atoms with van der Waals surface area (Å²) in [6, 6.07) is 16.8. The van der Waals surface area contributed by atoms with E-state index in [1.165, 1.54) is 50.6 Å². The molecule has 0 saturated carbocycles. The van der Waals surface area contributed by atoms with E-state index >= 15 is 0 Å². The van der Waals surface area contributed by atoms with Crippen LogP contribution in [0.5, 0.6) is 17.2 Å². The summed E-state index contributed by atoms with van der Waals surface area (Å²) in [6.07, 6.45) is 1.28. The smallest absolute Gasteiger partial charge is 0.282 e. The number of anilines is 1. The number of benzene rings is 3. The van der Waals surface area contributed by atoms with Gasteiger partial charge in [0.2, 0.25) is 0 Å². The fraction of sp³-hybridized carbons (Fsp3) is 0.185. The summed E-state index contributed by atoms with van der Waals surface area (Å²) < 4.78 is 43.9. The molecular formula is C27H25ClN2O6S. The van der Waals surface area contributed by atoms with Crippen LogP contribution >= 0.6 is 11.6 Å². The first-order valence-electron chi connectivity index (χ1n) is 11.1. The van der Waals surface area contributed by atoms with Gasteiger partial charge in [0, 0.05) is 0 Å². The SMILES string of the molecule is CCOc1ccc(/C=C(\C#N)C(=O)N(c2ccc(OC)c(Cl)c2)S(=O)(=O)c2ccc(C)cc2)cc1OC. The van der Waals surface area contributed by atoms with Crippen molar-refractivity contribution in [3.63, 3.8) is 0 Å². The molecule has 0 atom stereocenters. The maximum absolute atomic E-state index is 13.7. The molecule has 10 heteroatoms. The summed E-state index contributed by atoms with van der Waals surface area (Å²) >= 11 is 6.25. The number of carbonyl (C=O) groups excluding carboxylic acids is 1. The van der Waals surface area contributed by atoms with Gasteiger partial charge >= 0.3 is 0 Å². The quantitative estimate of drug-likeness (QED) is 0.264. The summed E-state index contributed by atoms with van der Waals surface area (Å²) in [5, 5.41) is 9.96. The predicted molar refractivity (Wildman–Crippen MR) is 142 cm³/mol. The Kier molecular flexibility index (Phi) is 8.81. The molecule has 0 radical (unpaired) electrons. The normalized spacial score (nSPS) is 11.4. The van der Waals surface area contributed by atoms with Gasteiger partial charge < -0.3 is 14.2 Å². The van der Waals surface area contributed by atoms with Crippen molar-refractivity contribution in [2.75, 3.05) is 25.1 Å². The summed E-state index contributed by atoms with van der Waals surface area (Å²) in [5.74, 6) is 0.120. The molecule has 0 fully saturated rings. The molecular weight excluding hydrogens is 516 g/mol. The average molecular weight is 541 g/mol. The highest BCUT2D eigenvalue weighted by molar-refractivity contribution is 7.93. The fourth-order valence-corrected chi connectivity index (χ4v) is 5.08. The van der Waals surface area contributed by atoms with Crippen LogP contribution in [0, 0.1) is 18.3 Å². The summed E-state index contributed by atoms with van der Waals surface area (Å²) in [7, 11) is -1.56. The lowest BCUT2D eigenvalue weighted by Crippen LogP contribution is -2.37. The Hall–Kier alpha value is -4.00. The fourth-order valence-electron chi connectivity index (χ4n) is 3.43. The van der Waals surface area contributed by atoms with Crippen LogP contribution in [0.3, 0.4) is 0 Å². The molecule has 3 aromatic carbocycles.